The fourth-order valence-corrected chi connectivity index (χ4v) is 8.19. The first kappa shape index (κ1) is 31.0. The minimum Gasteiger partial charge on any atom is -0.488 e. The molecule has 41 heavy (non-hydrogen) atoms. The first-order valence-corrected chi connectivity index (χ1v) is 16.7. The molecule has 12 nitrogen and oxygen atoms in total. The minimum absolute atomic E-state index is 0.00973. The number of fused-ring (bicyclic) bond motifs is 1. The van der Waals surface area contributed by atoms with Gasteiger partial charge in [-0.25, -0.2) is 16.8 Å². The molecule has 0 bridgehead atoms. The number of carbonyl (C=O) groups excluding carboxylic acids is 1. The number of thiophene rings is 1. The predicted molar refractivity (Wildman–Crippen MR) is 153 cm³/mol. The molecule has 0 unspecified atom stereocenters. The number of aromatic nitrogens is 1. The van der Waals surface area contributed by atoms with Crippen molar-refractivity contribution in [1.29, 1.82) is 0 Å². The first-order chi connectivity index (χ1) is 19.2. The molecule has 0 fully saturated rings. The van der Waals surface area contributed by atoms with Gasteiger partial charge in [-0.3, -0.25) is 9.52 Å². The highest BCUT2D eigenvalue weighted by Crippen LogP contribution is 2.31. The van der Waals surface area contributed by atoms with Crippen LogP contribution in [0.5, 0.6) is 5.75 Å². The second-order valence-corrected chi connectivity index (χ2v) is 15.0. The lowest BCUT2D eigenvalue weighted by Gasteiger charge is -2.33. The molecule has 0 aliphatic carbocycles. The van der Waals surface area contributed by atoms with E-state index in [1.165, 1.54) is 36.5 Å². The second-order valence-electron chi connectivity index (χ2n) is 10.2. The van der Waals surface area contributed by atoms with Gasteiger partial charge >= 0.3 is 0 Å². The number of aliphatic hydroxyl groups is 1. The van der Waals surface area contributed by atoms with E-state index in [4.69, 9.17) is 9.26 Å². The Morgan fingerprint density at radius 3 is 2.59 bits per heavy atom. The molecule has 3 atom stereocenters. The number of benzene rings is 1. The smallest absolute Gasteiger partial charge is 0.271 e. The maximum absolute atomic E-state index is 13.4. The number of nitrogens with zero attached hydrogens (tertiary/aromatic N) is 3. The quantitative estimate of drug-likeness (QED) is 0.364. The molecule has 1 aliphatic heterocycles. The Morgan fingerprint density at radius 1 is 1.24 bits per heavy atom. The van der Waals surface area contributed by atoms with Gasteiger partial charge in [0.15, 0.2) is 5.76 Å². The number of aliphatic hydroxyl groups excluding tert-OH is 1. The fourth-order valence-electron chi connectivity index (χ4n) is 4.68. The average Bonchev–Trinajstić information content (AvgIpc) is 3.58. The molecule has 1 aliphatic rings. The van der Waals surface area contributed by atoms with Crippen LogP contribution in [-0.4, -0.2) is 81.1 Å². The van der Waals surface area contributed by atoms with Crippen molar-refractivity contribution in [2.24, 2.45) is 5.92 Å². The summed E-state index contributed by atoms with van der Waals surface area (Å²) >= 11 is 1.08. The van der Waals surface area contributed by atoms with Crippen molar-refractivity contribution >= 4 is 43.0 Å². The molecule has 0 radical (unpaired) electrons. The van der Waals surface area contributed by atoms with Crippen LogP contribution in [0.4, 0.5) is 5.69 Å². The molecule has 0 saturated carbocycles. The van der Waals surface area contributed by atoms with Crippen LogP contribution >= 0.6 is 11.3 Å². The molecule has 15 heteroatoms. The fraction of sp³-hybridized carbons (Fsp3) is 0.462. The van der Waals surface area contributed by atoms with Crippen molar-refractivity contribution in [3.05, 3.63) is 52.7 Å². The summed E-state index contributed by atoms with van der Waals surface area (Å²) in [5.41, 5.74) is 0.915. The number of hydrogen-bond donors (Lipinski definition) is 2. The molecule has 3 aromatic rings. The van der Waals surface area contributed by atoms with Gasteiger partial charge in [-0.1, -0.05) is 18.1 Å². The number of likely N-dealkylation sites (N-methyl/N-ethyl adjacent to an activating group) is 1. The highest BCUT2D eigenvalue weighted by molar-refractivity contribution is 7.94. The van der Waals surface area contributed by atoms with Gasteiger partial charge < -0.3 is 19.3 Å². The van der Waals surface area contributed by atoms with Crippen LogP contribution in [0.2, 0.25) is 0 Å². The van der Waals surface area contributed by atoms with E-state index < -0.39 is 32.2 Å². The third-order valence-electron chi connectivity index (χ3n) is 7.00. The Kier molecular flexibility index (Phi) is 9.13. The topological polar surface area (TPSA) is 159 Å². The van der Waals surface area contributed by atoms with E-state index in [1.807, 2.05) is 6.92 Å². The zero-order chi connectivity index (χ0) is 30.1. The van der Waals surface area contributed by atoms with Crippen molar-refractivity contribution in [2.75, 3.05) is 31.5 Å². The molecule has 1 amide bonds. The van der Waals surface area contributed by atoms with Gasteiger partial charge in [-0.15, -0.1) is 11.3 Å². The molecule has 2 N–H and O–H groups in total. The van der Waals surface area contributed by atoms with E-state index in [-0.39, 0.29) is 64.2 Å². The van der Waals surface area contributed by atoms with Crippen LogP contribution in [-0.2, 0) is 31.3 Å². The highest BCUT2D eigenvalue weighted by Gasteiger charge is 2.35. The highest BCUT2D eigenvalue weighted by atomic mass is 32.2. The van der Waals surface area contributed by atoms with Gasteiger partial charge in [0.05, 0.1) is 25.6 Å². The van der Waals surface area contributed by atoms with E-state index in [0.29, 0.717) is 11.3 Å². The third-order valence-corrected chi connectivity index (χ3v) is 11.8. The minimum atomic E-state index is -3.98. The third kappa shape index (κ3) is 6.59. The van der Waals surface area contributed by atoms with Gasteiger partial charge in [0.2, 0.25) is 15.9 Å². The Bertz CT molecular complexity index is 1580. The maximum atomic E-state index is 13.4. The van der Waals surface area contributed by atoms with Crippen molar-refractivity contribution in [3.63, 3.8) is 0 Å². The normalized spacial score (nSPS) is 19.2. The summed E-state index contributed by atoms with van der Waals surface area (Å²) in [5.74, 6) is -0.123. The first-order valence-electron chi connectivity index (χ1n) is 12.9. The van der Waals surface area contributed by atoms with Crippen molar-refractivity contribution in [2.45, 2.75) is 55.4 Å². The predicted octanol–water partition coefficient (Wildman–Crippen LogP) is 2.62. The number of hydrogen-bond acceptors (Lipinski definition) is 10. The number of sulfonamides is 2. The van der Waals surface area contributed by atoms with Crippen LogP contribution in [0.15, 0.2) is 49.3 Å². The molecule has 0 saturated heterocycles. The molecule has 1 aromatic carbocycles. The Hall–Kier alpha value is -2.98. The van der Waals surface area contributed by atoms with E-state index in [9.17, 15) is 26.7 Å². The van der Waals surface area contributed by atoms with Gasteiger partial charge in [0.25, 0.3) is 10.0 Å². The molecular formula is C26H34N4O8S3. The average molecular weight is 627 g/mol. The van der Waals surface area contributed by atoms with E-state index in [1.54, 1.807) is 36.3 Å². The molecule has 3 heterocycles. The summed E-state index contributed by atoms with van der Waals surface area (Å²) in [6.07, 6.45) is -0.817. The van der Waals surface area contributed by atoms with Crippen LogP contribution in [0.3, 0.4) is 0 Å². The van der Waals surface area contributed by atoms with Crippen LogP contribution in [0.25, 0.3) is 0 Å². The number of rotatable bonds is 9. The van der Waals surface area contributed by atoms with Crippen molar-refractivity contribution in [3.8, 4) is 5.75 Å². The summed E-state index contributed by atoms with van der Waals surface area (Å²) < 4.78 is 67.8. The Labute approximate surface area is 244 Å². The summed E-state index contributed by atoms with van der Waals surface area (Å²) in [5, 5.41) is 15.3. The Balaban J connectivity index is 1.70. The van der Waals surface area contributed by atoms with Crippen molar-refractivity contribution in [1.82, 2.24) is 14.4 Å². The number of aryl methyl sites for hydroxylation is 2. The van der Waals surface area contributed by atoms with Gasteiger partial charge in [0, 0.05) is 30.8 Å². The van der Waals surface area contributed by atoms with Gasteiger partial charge in [-0.2, -0.15) is 4.31 Å². The van der Waals surface area contributed by atoms with Crippen LogP contribution in [0.1, 0.15) is 30.9 Å². The van der Waals surface area contributed by atoms with Crippen LogP contribution < -0.4 is 9.46 Å². The largest absolute Gasteiger partial charge is 0.488 e. The molecule has 0 spiro atoms. The SMILES string of the molecule is Cc1noc(C)c1S(=O)(=O)N(C)C[C@H]1Oc2ccc(NS(=O)(=O)c3cccs3)cc2CC(=O)N([C@H](C)CO)C[C@@H]1C. The molecular weight excluding hydrogens is 593 g/mol. The molecule has 4 rings (SSSR count). The number of amides is 1. The summed E-state index contributed by atoms with van der Waals surface area (Å²) in [6.45, 7) is 6.53. The Morgan fingerprint density at radius 2 is 1.98 bits per heavy atom. The number of carbonyl (C=O) groups is 1. The summed E-state index contributed by atoms with van der Waals surface area (Å²) in [6, 6.07) is 7.27. The van der Waals surface area contributed by atoms with E-state index in [0.717, 1.165) is 11.3 Å². The second kappa shape index (κ2) is 12.1. The zero-order valence-corrected chi connectivity index (χ0v) is 25.8. The maximum Gasteiger partial charge on any atom is 0.271 e. The monoisotopic (exact) mass is 626 g/mol. The zero-order valence-electron chi connectivity index (χ0n) is 23.4. The van der Waals surface area contributed by atoms with Crippen molar-refractivity contribution < 1.29 is 36.0 Å². The standard InChI is InChI=1S/C26H34N4O8S3/c1-16-13-30(17(2)15-31)24(32)12-20-11-21(28-40(33,34)25-7-6-10-39-25)8-9-22(20)37-23(16)14-29(5)41(35,36)26-18(3)27-38-19(26)4/h6-11,16-17,23,28,31H,12-15H2,1-5H3/t16-,17+,23+/m0/s1. The van der Waals surface area contributed by atoms with Gasteiger partial charge in [0.1, 0.15) is 26.7 Å². The summed E-state index contributed by atoms with van der Waals surface area (Å²) in [4.78, 5) is 15.0. The number of anilines is 1. The van der Waals surface area contributed by atoms with Crippen LogP contribution in [0, 0.1) is 19.8 Å². The lowest BCUT2D eigenvalue weighted by atomic mass is 10.0. The molecule has 224 valence electrons. The lowest BCUT2D eigenvalue weighted by Crippen LogP contribution is -2.48. The lowest BCUT2D eigenvalue weighted by molar-refractivity contribution is -0.134. The molecule has 2 aromatic heterocycles. The van der Waals surface area contributed by atoms with E-state index in [2.05, 4.69) is 9.88 Å². The summed E-state index contributed by atoms with van der Waals surface area (Å²) in [7, 11) is -6.37. The number of nitrogens with one attached hydrogen (secondary N) is 1. The number of ether oxygens (including phenoxy) is 1. The van der Waals surface area contributed by atoms with Gasteiger partial charge in [-0.05, 0) is 50.4 Å². The van der Waals surface area contributed by atoms with E-state index >= 15 is 0 Å².